The number of carbonyl (C=O) groups is 2. The van der Waals surface area contributed by atoms with Crippen LogP contribution in [-0.2, 0) is 15.8 Å². The Morgan fingerprint density at radius 3 is 2.68 bits per heavy atom. The molecular formula is C14H11ClF3N5O2. The number of benzene rings is 1. The second kappa shape index (κ2) is 6.93. The van der Waals surface area contributed by atoms with Crippen LogP contribution in [0.25, 0.3) is 5.69 Å². The normalized spacial score (nSPS) is 11.7. The van der Waals surface area contributed by atoms with Gasteiger partial charge in [0.15, 0.2) is 0 Å². The summed E-state index contributed by atoms with van der Waals surface area (Å²) >= 11 is 6.13. The van der Waals surface area contributed by atoms with Gasteiger partial charge >= 0.3 is 18.0 Å². The zero-order chi connectivity index (χ0) is 18.8. The minimum absolute atomic E-state index is 0.0195. The lowest BCUT2D eigenvalue weighted by Gasteiger charge is -2.09. The third kappa shape index (κ3) is 4.15. The maximum atomic E-state index is 12.8. The first kappa shape index (κ1) is 18.5. The van der Waals surface area contributed by atoms with Crippen LogP contribution in [0.5, 0.6) is 0 Å². The molecule has 0 aliphatic rings. The van der Waals surface area contributed by atoms with E-state index in [0.29, 0.717) is 5.69 Å². The van der Waals surface area contributed by atoms with E-state index in [0.717, 1.165) is 23.0 Å². The fraction of sp³-hybridized carbons (Fsp3) is 0.143. The van der Waals surface area contributed by atoms with Crippen LogP contribution in [0.2, 0.25) is 5.15 Å². The smallest absolute Gasteiger partial charge is 0.361 e. The van der Waals surface area contributed by atoms with E-state index in [4.69, 9.17) is 17.3 Å². The number of aryl methyl sites for hydroxylation is 1. The van der Waals surface area contributed by atoms with Crippen LogP contribution < -0.4 is 11.2 Å². The van der Waals surface area contributed by atoms with Crippen molar-refractivity contribution in [3.05, 3.63) is 46.2 Å². The first-order valence-electron chi connectivity index (χ1n) is 6.67. The number of hydrogen-bond acceptors (Lipinski definition) is 4. The molecule has 1 aromatic carbocycles. The van der Waals surface area contributed by atoms with Crippen LogP contribution in [0.1, 0.15) is 16.8 Å². The molecule has 7 nitrogen and oxygen atoms in total. The highest BCUT2D eigenvalue weighted by atomic mass is 35.5. The number of nitrogens with one attached hydrogen (secondary N) is 1. The van der Waals surface area contributed by atoms with Gasteiger partial charge in [0, 0.05) is 0 Å². The van der Waals surface area contributed by atoms with Crippen molar-refractivity contribution < 1.29 is 22.8 Å². The Morgan fingerprint density at radius 2 is 2.08 bits per heavy atom. The molecule has 1 heterocycles. The lowest BCUT2D eigenvalue weighted by molar-refractivity contribution is -0.137. The van der Waals surface area contributed by atoms with E-state index in [-0.39, 0.29) is 16.4 Å². The van der Waals surface area contributed by atoms with Crippen LogP contribution in [0.15, 0.2) is 29.4 Å². The molecule has 0 unspecified atom stereocenters. The van der Waals surface area contributed by atoms with Gasteiger partial charge in [-0.15, -0.1) is 0 Å². The van der Waals surface area contributed by atoms with E-state index >= 15 is 0 Å². The first-order chi connectivity index (χ1) is 11.6. The highest BCUT2D eigenvalue weighted by Gasteiger charge is 2.30. The van der Waals surface area contributed by atoms with Gasteiger partial charge in [-0.3, -0.25) is 9.59 Å². The second-order valence-corrected chi connectivity index (χ2v) is 5.17. The monoisotopic (exact) mass is 373 g/mol. The lowest BCUT2D eigenvalue weighted by Crippen LogP contribution is -2.32. The molecule has 132 valence electrons. The number of alkyl halides is 3. The molecule has 0 radical (unpaired) electrons. The fourth-order valence-electron chi connectivity index (χ4n) is 1.85. The van der Waals surface area contributed by atoms with Gasteiger partial charge in [0.1, 0.15) is 5.15 Å². The molecular weight excluding hydrogens is 363 g/mol. The van der Waals surface area contributed by atoms with Crippen molar-refractivity contribution in [3.63, 3.8) is 0 Å². The number of hydrazone groups is 1. The van der Waals surface area contributed by atoms with Crippen LogP contribution >= 0.6 is 11.6 Å². The number of primary amides is 1. The zero-order valence-electron chi connectivity index (χ0n) is 12.6. The first-order valence-corrected chi connectivity index (χ1v) is 7.04. The van der Waals surface area contributed by atoms with Crippen LogP contribution in [0.4, 0.5) is 13.2 Å². The van der Waals surface area contributed by atoms with Crippen molar-refractivity contribution in [2.75, 3.05) is 0 Å². The van der Waals surface area contributed by atoms with Crippen molar-refractivity contribution >= 4 is 29.6 Å². The third-order valence-electron chi connectivity index (χ3n) is 3.05. The highest BCUT2D eigenvalue weighted by Crippen LogP contribution is 2.31. The molecule has 0 bridgehead atoms. The SMILES string of the molecule is Cc1nn(-c2cccc(C(F)(F)F)c2)c(Cl)c1/C=N\NC(=O)C(N)=O. The average Bonchev–Trinajstić information content (AvgIpc) is 2.82. The van der Waals surface area contributed by atoms with Gasteiger partial charge in [0.2, 0.25) is 0 Å². The van der Waals surface area contributed by atoms with Crippen LogP contribution in [0, 0.1) is 6.92 Å². The van der Waals surface area contributed by atoms with Crippen LogP contribution in [0.3, 0.4) is 0 Å². The van der Waals surface area contributed by atoms with Gasteiger partial charge in [-0.1, -0.05) is 17.7 Å². The van der Waals surface area contributed by atoms with Gasteiger partial charge in [-0.25, -0.2) is 10.1 Å². The number of nitrogens with zero attached hydrogens (tertiary/aromatic N) is 3. The van der Waals surface area contributed by atoms with E-state index in [1.807, 2.05) is 5.43 Å². The summed E-state index contributed by atoms with van der Waals surface area (Å²) in [5.74, 6) is -2.35. The van der Waals surface area contributed by atoms with Crippen molar-refractivity contribution in [2.45, 2.75) is 13.1 Å². The predicted octanol–water partition coefficient (Wildman–Crippen LogP) is 1.79. The maximum Gasteiger partial charge on any atom is 0.416 e. The minimum Gasteiger partial charge on any atom is -0.361 e. The number of amides is 2. The molecule has 25 heavy (non-hydrogen) atoms. The van der Waals surface area contributed by atoms with Crippen molar-refractivity contribution in [2.24, 2.45) is 10.8 Å². The molecule has 0 atom stereocenters. The molecule has 0 saturated heterocycles. The molecule has 0 aliphatic heterocycles. The Labute approximate surface area is 144 Å². The number of halogens is 4. The Morgan fingerprint density at radius 1 is 1.40 bits per heavy atom. The zero-order valence-corrected chi connectivity index (χ0v) is 13.4. The molecule has 2 rings (SSSR count). The standard InChI is InChI=1S/C14H11ClF3N5O2/c1-7-10(6-20-21-13(25)12(19)24)11(15)23(22-7)9-4-2-3-8(5-9)14(16,17)18/h2-6H,1H3,(H2,19,24)(H,21,25)/b20-6-. The lowest BCUT2D eigenvalue weighted by atomic mass is 10.2. The third-order valence-corrected chi connectivity index (χ3v) is 3.41. The van der Waals surface area contributed by atoms with E-state index < -0.39 is 23.6 Å². The maximum absolute atomic E-state index is 12.8. The summed E-state index contributed by atoms with van der Waals surface area (Å²) in [6.45, 7) is 1.55. The number of rotatable bonds is 3. The van der Waals surface area contributed by atoms with E-state index in [1.165, 1.54) is 12.1 Å². The second-order valence-electron chi connectivity index (χ2n) is 4.81. The topological polar surface area (TPSA) is 102 Å². The molecule has 0 aliphatic carbocycles. The van der Waals surface area contributed by atoms with Gasteiger partial charge < -0.3 is 5.73 Å². The summed E-state index contributed by atoms with van der Waals surface area (Å²) in [5, 5.41) is 7.54. The predicted molar refractivity (Wildman–Crippen MR) is 83.2 cm³/mol. The van der Waals surface area contributed by atoms with Gasteiger partial charge in [0.05, 0.1) is 28.7 Å². The summed E-state index contributed by atoms with van der Waals surface area (Å²) in [4.78, 5) is 21.6. The molecule has 1 aromatic heterocycles. The molecule has 2 aromatic rings. The molecule has 0 saturated carbocycles. The summed E-state index contributed by atoms with van der Waals surface area (Å²) in [7, 11) is 0. The van der Waals surface area contributed by atoms with E-state index in [1.54, 1.807) is 6.92 Å². The Kier molecular flexibility index (Phi) is 5.12. The summed E-state index contributed by atoms with van der Waals surface area (Å²) in [6.07, 6.45) is -3.40. The minimum atomic E-state index is -4.51. The Hall–Kier alpha value is -2.88. The molecule has 11 heteroatoms. The number of nitrogens with two attached hydrogens (primary N) is 1. The Bertz CT molecular complexity index is 861. The molecule has 3 N–H and O–H groups in total. The van der Waals surface area contributed by atoms with Crippen molar-refractivity contribution in [3.8, 4) is 5.69 Å². The summed E-state index contributed by atoms with van der Waals surface area (Å²) in [5.41, 5.74) is 6.47. The number of aromatic nitrogens is 2. The fourth-order valence-corrected chi connectivity index (χ4v) is 2.17. The number of carbonyl (C=O) groups excluding carboxylic acids is 2. The van der Waals surface area contributed by atoms with Gasteiger partial charge in [-0.05, 0) is 25.1 Å². The molecule has 0 spiro atoms. The van der Waals surface area contributed by atoms with Gasteiger partial charge in [-0.2, -0.15) is 23.4 Å². The summed E-state index contributed by atoms with van der Waals surface area (Å²) in [6, 6.07) is 4.46. The quantitative estimate of drug-likeness (QED) is 0.487. The number of hydrogen-bond donors (Lipinski definition) is 2. The van der Waals surface area contributed by atoms with Crippen molar-refractivity contribution in [1.82, 2.24) is 15.2 Å². The Balaban J connectivity index is 2.35. The average molecular weight is 374 g/mol. The van der Waals surface area contributed by atoms with Gasteiger partial charge in [0.25, 0.3) is 0 Å². The van der Waals surface area contributed by atoms with E-state index in [9.17, 15) is 22.8 Å². The molecule has 0 fully saturated rings. The van der Waals surface area contributed by atoms with E-state index in [2.05, 4.69) is 10.2 Å². The van der Waals surface area contributed by atoms with Crippen molar-refractivity contribution in [1.29, 1.82) is 0 Å². The summed E-state index contributed by atoms with van der Waals surface area (Å²) < 4.78 is 39.5. The molecule has 2 amide bonds. The van der Waals surface area contributed by atoms with Crippen LogP contribution in [-0.4, -0.2) is 27.8 Å². The largest absolute Gasteiger partial charge is 0.416 e. The highest BCUT2D eigenvalue weighted by molar-refractivity contribution is 6.34.